The maximum Gasteiger partial charge on any atom is 0.323 e. The molecule has 3 heterocycles. The number of hydrogen-bond donors (Lipinski definition) is 1. The summed E-state index contributed by atoms with van der Waals surface area (Å²) in [7, 11) is 3.18. The van der Waals surface area contributed by atoms with Crippen LogP contribution in [0.2, 0.25) is 0 Å². The van der Waals surface area contributed by atoms with E-state index in [9.17, 15) is 4.79 Å². The van der Waals surface area contributed by atoms with Gasteiger partial charge in [-0.15, -0.1) is 0 Å². The van der Waals surface area contributed by atoms with Crippen LogP contribution in [0.4, 0.5) is 10.5 Å². The molecule has 0 spiro atoms. The fourth-order valence-corrected chi connectivity index (χ4v) is 5.63. The number of carbonyl (C=O) groups excluding carboxylic acids is 1. The number of methoxy groups -OCH3 is 2. The Morgan fingerprint density at radius 2 is 1.80 bits per heavy atom. The molecule has 2 aromatic heterocycles. The molecule has 0 bridgehead atoms. The Kier molecular flexibility index (Phi) is 6.97. The number of fused-ring (bicyclic) bond motifs is 3. The van der Waals surface area contributed by atoms with Crippen molar-refractivity contribution in [2.45, 2.75) is 32.9 Å². The lowest BCUT2D eigenvalue weighted by Gasteiger charge is -2.31. The maximum absolute atomic E-state index is 14.3. The van der Waals surface area contributed by atoms with Crippen molar-refractivity contribution in [2.75, 3.05) is 19.5 Å². The highest BCUT2D eigenvalue weighted by Crippen LogP contribution is 2.39. The highest BCUT2D eigenvalue weighted by molar-refractivity contribution is 5.92. The minimum Gasteiger partial charge on any atom is -0.497 e. The number of amides is 2. The number of urea groups is 1. The van der Waals surface area contributed by atoms with Crippen molar-refractivity contribution in [1.82, 2.24) is 19.2 Å². The lowest BCUT2D eigenvalue weighted by atomic mass is 10.00. The molecule has 1 N–H and O–H groups in total. The van der Waals surface area contributed by atoms with E-state index in [1.807, 2.05) is 39.9 Å². The second kappa shape index (κ2) is 10.9. The van der Waals surface area contributed by atoms with Crippen LogP contribution in [0.15, 0.2) is 91.1 Å². The smallest absolute Gasteiger partial charge is 0.323 e. The van der Waals surface area contributed by atoms with Gasteiger partial charge in [0.15, 0.2) is 0 Å². The molecule has 0 unspecified atom stereocenters. The summed E-state index contributed by atoms with van der Waals surface area (Å²) in [6, 6.07) is 27.4. The van der Waals surface area contributed by atoms with Gasteiger partial charge in [0.2, 0.25) is 0 Å². The van der Waals surface area contributed by atoms with Crippen LogP contribution in [0.3, 0.4) is 0 Å². The van der Waals surface area contributed by atoms with Crippen LogP contribution in [-0.4, -0.2) is 39.5 Å². The first-order chi connectivity index (χ1) is 20.0. The van der Waals surface area contributed by atoms with E-state index >= 15 is 0 Å². The predicted octanol–water partition coefficient (Wildman–Crippen LogP) is 6.69. The second-order valence-electron chi connectivity index (χ2n) is 10.1. The summed E-state index contributed by atoms with van der Waals surface area (Å²) >= 11 is 0. The maximum atomic E-state index is 14.3. The lowest BCUT2D eigenvalue weighted by Crippen LogP contribution is -2.38. The first kappa shape index (κ1) is 26.3. The Balaban J connectivity index is 1.53. The zero-order valence-corrected chi connectivity index (χ0v) is 23.7. The van der Waals surface area contributed by atoms with Gasteiger partial charge in [0.1, 0.15) is 17.3 Å². The number of aryl methyl sites for hydroxylation is 2. The predicted molar refractivity (Wildman–Crippen MR) is 159 cm³/mol. The van der Waals surface area contributed by atoms with E-state index in [2.05, 4.69) is 66.3 Å². The largest absolute Gasteiger partial charge is 0.497 e. The monoisotopic (exact) mass is 547 g/mol. The average molecular weight is 548 g/mol. The molecule has 0 fully saturated rings. The van der Waals surface area contributed by atoms with E-state index in [1.165, 1.54) is 0 Å². The molecule has 3 aromatic carbocycles. The van der Waals surface area contributed by atoms with Crippen LogP contribution in [0.25, 0.3) is 11.5 Å². The SMILES string of the molecule is CCc1nn(-c2ccccc2)c2c1CN(C(=O)Nc1ccc(OC)cc1OC)[C@H](c1cccc(C)c1)c1cccn1-2. The summed E-state index contributed by atoms with van der Waals surface area (Å²) in [4.78, 5) is 16.2. The number of ether oxygens (including phenoxy) is 2. The van der Waals surface area contributed by atoms with Crippen LogP contribution < -0.4 is 14.8 Å². The summed E-state index contributed by atoms with van der Waals surface area (Å²) in [5.41, 5.74) is 6.64. The van der Waals surface area contributed by atoms with Crippen LogP contribution in [0.1, 0.15) is 41.0 Å². The Hall–Kier alpha value is -4.98. The standard InChI is InChI=1S/C33H33N5O3/c1-5-27-26-21-37(33(39)34-28-17-16-25(40-3)20-30(28)41-4)31(23-12-9-11-22(2)19-23)29-15-10-18-36(29)32(26)38(35-27)24-13-7-6-8-14-24/h6-20,31H,5,21H2,1-4H3,(H,34,39)/t31-/m1/s1. The van der Waals surface area contributed by atoms with Crippen molar-refractivity contribution < 1.29 is 14.3 Å². The van der Waals surface area contributed by atoms with E-state index in [0.717, 1.165) is 46.0 Å². The molecule has 0 saturated heterocycles. The molecule has 0 aliphatic carbocycles. The third kappa shape index (κ3) is 4.71. The number of rotatable bonds is 6. The average Bonchev–Trinajstić information content (AvgIpc) is 3.58. The summed E-state index contributed by atoms with van der Waals surface area (Å²) < 4.78 is 15.1. The van der Waals surface area contributed by atoms with Gasteiger partial charge in [-0.25, -0.2) is 9.48 Å². The van der Waals surface area contributed by atoms with Crippen LogP contribution >= 0.6 is 0 Å². The van der Waals surface area contributed by atoms with E-state index in [-0.39, 0.29) is 12.1 Å². The second-order valence-corrected chi connectivity index (χ2v) is 10.1. The molecule has 41 heavy (non-hydrogen) atoms. The molecule has 8 nitrogen and oxygen atoms in total. The van der Waals surface area contributed by atoms with E-state index < -0.39 is 0 Å². The molecule has 208 valence electrons. The van der Waals surface area contributed by atoms with Gasteiger partial charge in [0, 0.05) is 17.8 Å². The third-order valence-corrected chi connectivity index (χ3v) is 7.57. The summed E-state index contributed by atoms with van der Waals surface area (Å²) in [5.74, 6) is 2.12. The highest BCUT2D eigenvalue weighted by atomic mass is 16.5. The fraction of sp³-hybridized carbons (Fsp3) is 0.212. The Bertz CT molecular complexity index is 1710. The zero-order valence-electron chi connectivity index (χ0n) is 23.7. The molecular weight excluding hydrogens is 514 g/mol. The molecule has 6 rings (SSSR count). The summed E-state index contributed by atoms with van der Waals surface area (Å²) in [5, 5.41) is 8.16. The highest BCUT2D eigenvalue weighted by Gasteiger charge is 2.36. The molecule has 0 radical (unpaired) electrons. The Labute approximate surface area is 239 Å². The van der Waals surface area contributed by atoms with Crippen LogP contribution in [0, 0.1) is 6.92 Å². The summed E-state index contributed by atoms with van der Waals surface area (Å²) in [6.45, 7) is 4.54. The fourth-order valence-electron chi connectivity index (χ4n) is 5.63. The van der Waals surface area contributed by atoms with Gasteiger partial charge in [0.25, 0.3) is 0 Å². The normalized spacial score (nSPS) is 14.1. The summed E-state index contributed by atoms with van der Waals surface area (Å²) in [6.07, 6.45) is 2.79. The molecule has 1 aliphatic heterocycles. The van der Waals surface area contributed by atoms with E-state index in [1.54, 1.807) is 32.4 Å². The van der Waals surface area contributed by atoms with Gasteiger partial charge in [-0.1, -0.05) is 55.0 Å². The molecule has 8 heteroatoms. The van der Waals surface area contributed by atoms with Gasteiger partial charge in [-0.05, 0) is 55.3 Å². The van der Waals surface area contributed by atoms with Crippen molar-refractivity contribution >= 4 is 11.7 Å². The molecule has 2 amide bonds. The number of carbonyl (C=O) groups is 1. The van der Waals surface area contributed by atoms with Gasteiger partial charge < -0.3 is 24.3 Å². The van der Waals surface area contributed by atoms with Crippen molar-refractivity contribution in [2.24, 2.45) is 0 Å². The zero-order chi connectivity index (χ0) is 28.5. The number of nitrogens with one attached hydrogen (secondary N) is 1. The van der Waals surface area contributed by atoms with Gasteiger partial charge in [-0.3, -0.25) is 0 Å². The number of benzene rings is 3. The minimum atomic E-state index is -0.351. The first-order valence-corrected chi connectivity index (χ1v) is 13.7. The number of aromatic nitrogens is 3. The van der Waals surface area contributed by atoms with Crippen LogP contribution in [-0.2, 0) is 13.0 Å². The third-order valence-electron chi connectivity index (χ3n) is 7.57. The van der Waals surface area contributed by atoms with Crippen molar-refractivity contribution in [1.29, 1.82) is 0 Å². The lowest BCUT2D eigenvalue weighted by molar-refractivity contribution is 0.194. The molecule has 1 aliphatic rings. The van der Waals surface area contributed by atoms with E-state index in [0.29, 0.717) is 23.7 Å². The van der Waals surface area contributed by atoms with Gasteiger partial charge >= 0.3 is 6.03 Å². The number of nitrogens with zero attached hydrogens (tertiary/aromatic N) is 4. The Morgan fingerprint density at radius 3 is 2.54 bits per heavy atom. The van der Waals surface area contributed by atoms with Gasteiger partial charge in [-0.2, -0.15) is 5.10 Å². The Morgan fingerprint density at radius 1 is 0.976 bits per heavy atom. The molecule has 1 atom stereocenters. The number of para-hydroxylation sites is 1. The molecular formula is C33H33N5O3. The minimum absolute atomic E-state index is 0.241. The quantitative estimate of drug-likeness (QED) is 0.257. The van der Waals surface area contributed by atoms with Crippen LogP contribution in [0.5, 0.6) is 11.5 Å². The number of hydrogen-bond acceptors (Lipinski definition) is 4. The first-order valence-electron chi connectivity index (χ1n) is 13.7. The van der Waals surface area contributed by atoms with E-state index in [4.69, 9.17) is 14.6 Å². The van der Waals surface area contributed by atoms with Crippen molar-refractivity contribution in [3.8, 4) is 23.0 Å². The topological polar surface area (TPSA) is 73.6 Å². The van der Waals surface area contributed by atoms with Gasteiger partial charge in [0.05, 0.1) is 49.6 Å². The van der Waals surface area contributed by atoms with Crippen molar-refractivity contribution in [3.63, 3.8) is 0 Å². The number of anilines is 1. The molecule has 5 aromatic rings. The van der Waals surface area contributed by atoms with Crippen molar-refractivity contribution in [3.05, 3.63) is 119 Å². The molecule has 0 saturated carbocycles.